The summed E-state index contributed by atoms with van der Waals surface area (Å²) in [6.45, 7) is 2.06. The van der Waals surface area contributed by atoms with Gasteiger partial charge in [0.1, 0.15) is 5.82 Å². The molecule has 5 rings (SSSR count). The lowest BCUT2D eigenvalue weighted by atomic mass is 9.65. The van der Waals surface area contributed by atoms with Gasteiger partial charge in [0.2, 0.25) is 0 Å². The number of ether oxygens (including phenoxy) is 1. The summed E-state index contributed by atoms with van der Waals surface area (Å²) in [6, 6.07) is 7.94. The summed E-state index contributed by atoms with van der Waals surface area (Å²) in [4.78, 5) is 27.4. The van der Waals surface area contributed by atoms with Crippen LogP contribution in [0.25, 0.3) is 22.8 Å². The molecule has 8 heteroatoms. The number of methoxy groups -OCH3 is 1. The highest BCUT2D eigenvalue weighted by Crippen LogP contribution is 2.47. The Balaban J connectivity index is 1.17. The number of H-pyrrole nitrogens is 1. The van der Waals surface area contributed by atoms with E-state index in [1.165, 1.54) is 32.8 Å². The minimum absolute atomic E-state index is 0.0704. The van der Waals surface area contributed by atoms with Crippen LogP contribution in [0.15, 0.2) is 42.9 Å². The maximum atomic E-state index is 11.6. The fraction of sp³-hybridized carbons (Fsp3) is 0.480. The number of rotatable bonds is 5. The summed E-state index contributed by atoms with van der Waals surface area (Å²) in [5.74, 6) is 2.77. The molecule has 0 radical (unpaired) electrons. The first kappa shape index (κ1) is 21.6. The number of nitrogens with zero attached hydrogens (tertiary/aromatic N) is 5. The van der Waals surface area contributed by atoms with Crippen molar-refractivity contribution in [1.29, 1.82) is 0 Å². The first-order valence-corrected chi connectivity index (χ1v) is 11.8. The van der Waals surface area contributed by atoms with Crippen LogP contribution >= 0.6 is 0 Å². The zero-order chi connectivity index (χ0) is 22.7. The number of esters is 1. The number of nitrogens with one attached hydrogen (secondary N) is 1. The molecular formula is C25H30N6O2. The number of anilines is 1. The number of hydrogen-bond donors (Lipinski definition) is 1. The fourth-order valence-corrected chi connectivity index (χ4v) is 5.25. The summed E-state index contributed by atoms with van der Waals surface area (Å²) in [6.07, 6.45) is 13.0. The second-order valence-electron chi connectivity index (χ2n) is 9.37. The Kier molecular flexibility index (Phi) is 6.07. The molecular weight excluding hydrogens is 416 g/mol. The number of pyridine rings is 2. The van der Waals surface area contributed by atoms with E-state index >= 15 is 0 Å². The Morgan fingerprint density at radius 1 is 1.12 bits per heavy atom. The molecule has 1 saturated carbocycles. The summed E-state index contributed by atoms with van der Waals surface area (Å²) in [5.41, 5.74) is 2.23. The molecule has 172 valence electrons. The van der Waals surface area contributed by atoms with E-state index in [0.717, 1.165) is 42.9 Å². The molecule has 8 nitrogen and oxygen atoms in total. The quantitative estimate of drug-likeness (QED) is 0.585. The third-order valence-corrected chi connectivity index (χ3v) is 7.42. The highest BCUT2D eigenvalue weighted by molar-refractivity contribution is 5.69. The lowest BCUT2D eigenvalue weighted by Gasteiger charge is -2.46. The van der Waals surface area contributed by atoms with Gasteiger partial charge in [-0.05, 0) is 74.1 Å². The molecule has 1 saturated heterocycles. The molecule has 4 heterocycles. The van der Waals surface area contributed by atoms with Crippen LogP contribution in [0.3, 0.4) is 0 Å². The van der Waals surface area contributed by atoms with Crippen molar-refractivity contribution in [3.63, 3.8) is 0 Å². The number of carbonyl (C=O) groups excluding carboxylic acids is 1. The molecule has 1 aliphatic heterocycles. The molecule has 0 aromatic carbocycles. The molecule has 33 heavy (non-hydrogen) atoms. The fourth-order valence-electron chi connectivity index (χ4n) is 5.25. The van der Waals surface area contributed by atoms with E-state index < -0.39 is 0 Å². The second kappa shape index (κ2) is 9.29. The minimum Gasteiger partial charge on any atom is -0.469 e. The van der Waals surface area contributed by atoms with Crippen molar-refractivity contribution in [2.24, 2.45) is 11.3 Å². The van der Waals surface area contributed by atoms with E-state index in [2.05, 4.69) is 37.2 Å². The molecule has 0 amide bonds. The SMILES string of the molecule is COC(=O)CC1CCC2(CC1)CCN(c1ccc(-c3nc(-c4cccnc4)n[nH]3)cn1)CC2. The molecule has 1 N–H and O–H groups in total. The molecule has 0 bridgehead atoms. The smallest absolute Gasteiger partial charge is 0.305 e. The van der Waals surface area contributed by atoms with Crippen LogP contribution in [-0.2, 0) is 9.53 Å². The molecule has 1 aliphatic carbocycles. The van der Waals surface area contributed by atoms with Gasteiger partial charge in [-0.15, -0.1) is 0 Å². The van der Waals surface area contributed by atoms with Crippen molar-refractivity contribution in [1.82, 2.24) is 25.1 Å². The normalized spacial score (nSPS) is 18.4. The second-order valence-corrected chi connectivity index (χ2v) is 9.37. The van der Waals surface area contributed by atoms with Gasteiger partial charge in [-0.1, -0.05) is 0 Å². The third kappa shape index (κ3) is 4.74. The van der Waals surface area contributed by atoms with E-state index in [4.69, 9.17) is 9.72 Å². The Morgan fingerprint density at radius 2 is 1.94 bits per heavy atom. The summed E-state index contributed by atoms with van der Waals surface area (Å²) >= 11 is 0. The zero-order valence-electron chi connectivity index (χ0n) is 19.0. The number of aromatic amines is 1. The van der Waals surface area contributed by atoms with Crippen LogP contribution in [-0.4, -0.2) is 51.3 Å². The van der Waals surface area contributed by atoms with Gasteiger partial charge in [0, 0.05) is 49.2 Å². The third-order valence-electron chi connectivity index (χ3n) is 7.42. The van der Waals surface area contributed by atoms with Gasteiger partial charge in [-0.2, -0.15) is 5.10 Å². The number of aromatic nitrogens is 5. The van der Waals surface area contributed by atoms with E-state index in [-0.39, 0.29) is 5.97 Å². The van der Waals surface area contributed by atoms with Crippen molar-refractivity contribution < 1.29 is 9.53 Å². The van der Waals surface area contributed by atoms with Gasteiger partial charge in [-0.3, -0.25) is 14.9 Å². The van der Waals surface area contributed by atoms with Crippen molar-refractivity contribution in [3.8, 4) is 22.8 Å². The van der Waals surface area contributed by atoms with Gasteiger partial charge >= 0.3 is 5.97 Å². The first-order chi connectivity index (χ1) is 16.1. The first-order valence-electron chi connectivity index (χ1n) is 11.8. The predicted octanol–water partition coefficient (Wildman–Crippen LogP) is 4.27. The van der Waals surface area contributed by atoms with Gasteiger partial charge in [-0.25, -0.2) is 9.97 Å². The Bertz CT molecular complexity index is 1060. The van der Waals surface area contributed by atoms with Gasteiger partial charge < -0.3 is 9.64 Å². The largest absolute Gasteiger partial charge is 0.469 e. The van der Waals surface area contributed by atoms with Crippen molar-refractivity contribution in [2.45, 2.75) is 44.9 Å². The molecule has 2 aliphatic rings. The van der Waals surface area contributed by atoms with Gasteiger partial charge in [0.15, 0.2) is 11.6 Å². The highest BCUT2D eigenvalue weighted by atomic mass is 16.5. The average molecular weight is 447 g/mol. The van der Waals surface area contributed by atoms with E-state index in [0.29, 0.717) is 29.4 Å². The Morgan fingerprint density at radius 3 is 2.61 bits per heavy atom. The lowest BCUT2D eigenvalue weighted by Crippen LogP contribution is -2.42. The molecule has 3 aromatic heterocycles. The summed E-state index contributed by atoms with van der Waals surface area (Å²) in [7, 11) is 1.48. The van der Waals surface area contributed by atoms with Crippen molar-refractivity contribution >= 4 is 11.8 Å². The van der Waals surface area contributed by atoms with E-state index in [1.807, 2.05) is 18.3 Å². The molecule has 2 fully saturated rings. The van der Waals surface area contributed by atoms with Crippen LogP contribution in [0.2, 0.25) is 0 Å². The predicted molar refractivity (Wildman–Crippen MR) is 125 cm³/mol. The van der Waals surface area contributed by atoms with Crippen LogP contribution < -0.4 is 4.90 Å². The number of piperidine rings is 1. The molecule has 0 unspecified atom stereocenters. The average Bonchev–Trinajstić information content (AvgIpc) is 3.37. The summed E-state index contributed by atoms with van der Waals surface area (Å²) < 4.78 is 4.85. The van der Waals surface area contributed by atoms with Crippen molar-refractivity contribution in [3.05, 3.63) is 42.9 Å². The van der Waals surface area contributed by atoms with Gasteiger partial charge in [0.05, 0.1) is 7.11 Å². The Labute approximate surface area is 193 Å². The van der Waals surface area contributed by atoms with Crippen molar-refractivity contribution in [2.75, 3.05) is 25.1 Å². The van der Waals surface area contributed by atoms with Crippen LogP contribution in [0.4, 0.5) is 5.82 Å². The van der Waals surface area contributed by atoms with Crippen LogP contribution in [0, 0.1) is 11.3 Å². The molecule has 1 spiro atoms. The van der Waals surface area contributed by atoms with E-state index in [9.17, 15) is 4.79 Å². The lowest BCUT2D eigenvalue weighted by molar-refractivity contribution is -0.142. The molecule has 0 atom stereocenters. The number of hydrogen-bond acceptors (Lipinski definition) is 7. The van der Waals surface area contributed by atoms with E-state index in [1.54, 1.807) is 12.4 Å². The maximum Gasteiger partial charge on any atom is 0.305 e. The summed E-state index contributed by atoms with van der Waals surface area (Å²) in [5, 5.41) is 7.32. The zero-order valence-corrected chi connectivity index (χ0v) is 19.0. The Hall–Kier alpha value is -3.29. The van der Waals surface area contributed by atoms with Crippen LogP contribution in [0.5, 0.6) is 0 Å². The van der Waals surface area contributed by atoms with Gasteiger partial charge in [0.25, 0.3) is 0 Å². The minimum atomic E-state index is -0.0704. The maximum absolute atomic E-state index is 11.6. The monoisotopic (exact) mass is 446 g/mol. The topological polar surface area (TPSA) is 96.9 Å². The highest BCUT2D eigenvalue weighted by Gasteiger charge is 2.38. The molecule has 3 aromatic rings. The standard InChI is InChI=1S/C25H30N6O2/c1-33-22(32)15-18-6-8-25(9-7-18)10-13-31(14-11-25)21-5-4-20(17-27-21)24-28-23(29-30-24)19-3-2-12-26-16-19/h2-5,12,16-18H,6-11,13-15H2,1H3,(H,28,29,30). The van der Waals surface area contributed by atoms with Crippen LogP contribution in [0.1, 0.15) is 44.9 Å². The number of carbonyl (C=O) groups is 1.